The van der Waals surface area contributed by atoms with Crippen molar-refractivity contribution in [3.05, 3.63) is 28.2 Å². The van der Waals surface area contributed by atoms with Crippen LogP contribution in [-0.4, -0.2) is 30.6 Å². The van der Waals surface area contributed by atoms with E-state index in [0.29, 0.717) is 28.2 Å². The quantitative estimate of drug-likeness (QED) is 0.897. The van der Waals surface area contributed by atoms with Crippen LogP contribution >= 0.6 is 23.2 Å². The fraction of sp³-hybridized carbons (Fsp3) is 0.462. The second-order valence-electron chi connectivity index (χ2n) is 4.84. The molecule has 0 spiro atoms. The van der Waals surface area contributed by atoms with Crippen LogP contribution in [0.1, 0.15) is 12.8 Å². The molecule has 0 heterocycles. The topological polar surface area (TPSA) is 58.4 Å². The van der Waals surface area contributed by atoms with Crippen molar-refractivity contribution in [2.24, 2.45) is 11.7 Å². The number of carbonyl (C=O) groups excluding carboxylic acids is 1. The summed E-state index contributed by atoms with van der Waals surface area (Å²) in [6.07, 6.45) is 2.28. The van der Waals surface area contributed by atoms with Crippen molar-refractivity contribution in [2.75, 3.05) is 18.9 Å². The lowest BCUT2D eigenvalue weighted by molar-refractivity contribution is 0.198. The molecule has 0 aromatic heterocycles. The molecule has 1 aromatic carbocycles. The number of hydrogen-bond donors (Lipinski definition) is 2. The van der Waals surface area contributed by atoms with Crippen LogP contribution in [0.2, 0.25) is 10.0 Å². The van der Waals surface area contributed by atoms with Gasteiger partial charge in [-0.1, -0.05) is 23.2 Å². The van der Waals surface area contributed by atoms with Gasteiger partial charge < -0.3 is 16.0 Å². The summed E-state index contributed by atoms with van der Waals surface area (Å²) in [5.41, 5.74) is 6.31. The largest absolute Gasteiger partial charge is 0.328 e. The van der Waals surface area contributed by atoms with Crippen LogP contribution in [0.3, 0.4) is 0 Å². The summed E-state index contributed by atoms with van der Waals surface area (Å²) in [7, 11) is 1.76. The molecular weight excluding hydrogens is 285 g/mol. The van der Waals surface area contributed by atoms with Crippen molar-refractivity contribution in [3.8, 4) is 0 Å². The van der Waals surface area contributed by atoms with E-state index in [1.165, 1.54) is 0 Å². The molecule has 3 N–H and O–H groups in total. The predicted octanol–water partition coefficient (Wildman–Crippen LogP) is 3.19. The van der Waals surface area contributed by atoms with E-state index in [0.717, 1.165) is 12.8 Å². The second kappa shape index (κ2) is 5.99. The summed E-state index contributed by atoms with van der Waals surface area (Å²) in [6, 6.07) is 4.84. The molecule has 1 fully saturated rings. The molecule has 1 unspecified atom stereocenters. The third-order valence-electron chi connectivity index (χ3n) is 3.34. The number of rotatable bonds is 4. The normalized spacial score (nSPS) is 16.0. The number of nitrogens with zero attached hydrogens (tertiary/aromatic N) is 1. The number of carbonyl (C=O) groups is 1. The summed E-state index contributed by atoms with van der Waals surface area (Å²) in [6.45, 7) is 0.477. The van der Waals surface area contributed by atoms with Crippen molar-refractivity contribution >= 4 is 34.9 Å². The number of halogens is 2. The lowest BCUT2D eigenvalue weighted by atomic mass is 10.1. The molecule has 1 aromatic rings. The third-order valence-corrected chi connectivity index (χ3v) is 3.78. The number of urea groups is 1. The molecule has 2 rings (SSSR count). The summed E-state index contributed by atoms with van der Waals surface area (Å²) < 4.78 is 0. The molecule has 19 heavy (non-hydrogen) atoms. The van der Waals surface area contributed by atoms with Crippen molar-refractivity contribution < 1.29 is 4.79 Å². The molecule has 2 amide bonds. The van der Waals surface area contributed by atoms with Gasteiger partial charge >= 0.3 is 6.03 Å². The fourth-order valence-electron chi connectivity index (χ4n) is 2.14. The van der Waals surface area contributed by atoms with Crippen molar-refractivity contribution in [3.63, 3.8) is 0 Å². The van der Waals surface area contributed by atoms with Gasteiger partial charge in [0.05, 0.1) is 0 Å². The standard InChI is InChI=1S/C13H17Cl2N3O/c1-18(12(7-16)8-2-3-8)13(19)17-11-5-9(14)4-10(15)6-11/h4-6,8,12H,2-3,7,16H2,1H3,(H,17,19). The predicted molar refractivity (Wildman–Crippen MR) is 78.8 cm³/mol. The first kappa shape index (κ1) is 14.4. The maximum Gasteiger partial charge on any atom is 0.321 e. The number of hydrogen-bond acceptors (Lipinski definition) is 2. The van der Waals surface area contributed by atoms with Gasteiger partial charge in [-0.2, -0.15) is 0 Å². The van der Waals surface area contributed by atoms with Crippen LogP contribution in [-0.2, 0) is 0 Å². The van der Waals surface area contributed by atoms with Gasteiger partial charge in [-0.05, 0) is 37.0 Å². The van der Waals surface area contributed by atoms with E-state index in [1.807, 2.05) is 0 Å². The molecule has 104 valence electrons. The van der Waals surface area contributed by atoms with Gasteiger partial charge in [0.25, 0.3) is 0 Å². The van der Waals surface area contributed by atoms with Crippen LogP contribution in [0.4, 0.5) is 10.5 Å². The highest BCUT2D eigenvalue weighted by atomic mass is 35.5. The number of benzene rings is 1. The van der Waals surface area contributed by atoms with Crippen LogP contribution in [0, 0.1) is 5.92 Å². The van der Waals surface area contributed by atoms with E-state index in [-0.39, 0.29) is 12.1 Å². The minimum atomic E-state index is -0.194. The molecular formula is C13H17Cl2N3O. The first-order valence-corrected chi connectivity index (χ1v) is 6.97. The molecule has 1 aliphatic carbocycles. The van der Waals surface area contributed by atoms with E-state index in [2.05, 4.69) is 5.32 Å². The Hall–Kier alpha value is -0.970. The Morgan fingerprint density at radius 3 is 2.47 bits per heavy atom. The molecule has 1 saturated carbocycles. The lowest BCUT2D eigenvalue weighted by Gasteiger charge is -2.27. The number of anilines is 1. The maximum absolute atomic E-state index is 12.1. The van der Waals surface area contributed by atoms with E-state index in [4.69, 9.17) is 28.9 Å². The van der Waals surface area contributed by atoms with Crippen molar-refractivity contribution in [1.29, 1.82) is 0 Å². The highest BCUT2D eigenvalue weighted by Gasteiger charge is 2.34. The summed E-state index contributed by atoms with van der Waals surface area (Å²) >= 11 is 11.8. The summed E-state index contributed by atoms with van der Waals surface area (Å²) in [4.78, 5) is 13.8. The highest BCUT2D eigenvalue weighted by Crippen LogP contribution is 2.34. The number of nitrogens with one attached hydrogen (secondary N) is 1. The Labute approximate surface area is 122 Å². The zero-order valence-electron chi connectivity index (χ0n) is 10.7. The molecule has 1 atom stereocenters. The van der Waals surface area contributed by atoms with Crippen LogP contribution in [0.15, 0.2) is 18.2 Å². The Morgan fingerprint density at radius 2 is 2.00 bits per heavy atom. The smallest absolute Gasteiger partial charge is 0.321 e. The monoisotopic (exact) mass is 301 g/mol. The summed E-state index contributed by atoms with van der Waals surface area (Å²) in [5, 5.41) is 3.76. The van der Waals surface area contributed by atoms with Crippen molar-refractivity contribution in [2.45, 2.75) is 18.9 Å². The number of nitrogens with two attached hydrogens (primary N) is 1. The molecule has 0 saturated heterocycles. The highest BCUT2D eigenvalue weighted by molar-refractivity contribution is 6.35. The van der Waals surface area contributed by atoms with E-state index >= 15 is 0 Å². The lowest BCUT2D eigenvalue weighted by Crippen LogP contribution is -2.45. The van der Waals surface area contributed by atoms with E-state index < -0.39 is 0 Å². The SMILES string of the molecule is CN(C(=O)Nc1cc(Cl)cc(Cl)c1)C(CN)C1CC1. The zero-order valence-corrected chi connectivity index (χ0v) is 12.2. The first-order valence-electron chi connectivity index (χ1n) is 6.21. The molecule has 0 aliphatic heterocycles. The van der Waals surface area contributed by atoms with Gasteiger partial charge in [0.15, 0.2) is 0 Å². The van der Waals surface area contributed by atoms with Gasteiger partial charge in [0.1, 0.15) is 0 Å². The number of amides is 2. The third kappa shape index (κ3) is 3.75. The van der Waals surface area contributed by atoms with Crippen LogP contribution in [0.25, 0.3) is 0 Å². The average Bonchev–Trinajstić information content (AvgIpc) is 3.12. The minimum absolute atomic E-state index is 0.0923. The van der Waals surface area contributed by atoms with Gasteiger partial charge in [0, 0.05) is 35.4 Å². The van der Waals surface area contributed by atoms with Gasteiger partial charge in [0.2, 0.25) is 0 Å². The molecule has 0 radical (unpaired) electrons. The minimum Gasteiger partial charge on any atom is -0.328 e. The van der Waals surface area contributed by atoms with Crippen LogP contribution in [0.5, 0.6) is 0 Å². The Balaban J connectivity index is 2.03. The van der Waals surface area contributed by atoms with E-state index in [1.54, 1.807) is 30.1 Å². The fourth-order valence-corrected chi connectivity index (χ4v) is 2.66. The Kier molecular flexibility index (Phi) is 4.55. The molecule has 4 nitrogen and oxygen atoms in total. The van der Waals surface area contributed by atoms with Gasteiger partial charge in [-0.3, -0.25) is 0 Å². The molecule has 1 aliphatic rings. The molecule has 6 heteroatoms. The Morgan fingerprint density at radius 1 is 1.42 bits per heavy atom. The van der Waals surface area contributed by atoms with E-state index in [9.17, 15) is 4.79 Å². The van der Waals surface area contributed by atoms with Crippen molar-refractivity contribution in [1.82, 2.24) is 4.90 Å². The zero-order chi connectivity index (χ0) is 14.0. The van der Waals surface area contributed by atoms with Gasteiger partial charge in [-0.15, -0.1) is 0 Å². The van der Waals surface area contributed by atoms with Crippen LogP contribution < -0.4 is 11.1 Å². The Bertz CT molecular complexity index is 457. The number of likely N-dealkylation sites (N-methyl/N-ethyl adjacent to an activating group) is 1. The average molecular weight is 302 g/mol. The second-order valence-corrected chi connectivity index (χ2v) is 5.71. The summed E-state index contributed by atoms with van der Waals surface area (Å²) in [5.74, 6) is 0.531. The van der Waals surface area contributed by atoms with Gasteiger partial charge in [-0.25, -0.2) is 4.79 Å². The maximum atomic E-state index is 12.1. The molecule has 0 bridgehead atoms. The first-order chi connectivity index (χ1) is 9.01.